The number of hydrogen-bond donors (Lipinski definition) is 1. The number of ether oxygens (including phenoxy) is 4. The van der Waals surface area contributed by atoms with Crippen molar-refractivity contribution in [3.8, 4) is 23.0 Å². The first kappa shape index (κ1) is 40.1. The van der Waals surface area contributed by atoms with E-state index in [1.165, 1.54) is 20.4 Å². The van der Waals surface area contributed by atoms with Crippen LogP contribution in [0.15, 0.2) is 65.0 Å². The number of sulfonamides is 1. The fourth-order valence-corrected chi connectivity index (χ4v) is 7.92. The molecule has 4 aromatic rings. The summed E-state index contributed by atoms with van der Waals surface area (Å²) >= 11 is 13.9. The molecule has 1 N–H and O–H groups in total. The monoisotopic (exact) mass is 783 g/mol. The van der Waals surface area contributed by atoms with E-state index in [2.05, 4.69) is 11.9 Å². The Morgan fingerprint density at radius 2 is 1.78 bits per heavy atom. The average Bonchev–Trinajstić information content (AvgIpc) is 3.63. The lowest BCUT2D eigenvalue weighted by atomic mass is 10.1. The van der Waals surface area contributed by atoms with Crippen LogP contribution in [0.2, 0.25) is 10.0 Å². The zero-order valence-corrected chi connectivity index (χ0v) is 31.6. The van der Waals surface area contributed by atoms with Crippen LogP contribution >= 0.6 is 34.5 Å². The van der Waals surface area contributed by atoms with Crippen LogP contribution in [0, 0.1) is 5.82 Å². The summed E-state index contributed by atoms with van der Waals surface area (Å²) < 4.78 is 67.4. The molecule has 0 amide bonds. The number of carboxylic acids is 1. The number of methoxy groups -OCH3 is 2. The Labute approximate surface area is 311 Å². The van der Waals surface area contributed by atoms with Gasteiger partial charge in [-0.1, -0.05) is 43.0 Å². The predicted molar refractivity (Wildman–Crippen MR) is 196 cm³/mol. The van der Waals surface area contributed by atoms with Gasteiger partial charge in [0.15, 0.2) is 5.13 Å². The zero-order chi connectivity index (χ0) is 37.0. The van der Waals surface area contributed by atoms with Crippen molar-refractivity contribution in [1.82, 2.24) is 9.88 Å². The van der Waals surface area contributed by atoms with E-state index in [9.17, 15) is 18.3 Å². The number of halogens is 3. The van der Waals surface area contributed by atoms with Crippen LogP contribution in [-0.2, 0) is 32.5 Å². The first-order valence-corrected chi connectivity index (χ1v) is 19.1. The number of unbranched alkanes of at least 4 members (excludes halogenated alkanes) is 2. The molecule has 0 unspecified atom stereocenters. The highest BCUT2D eigenvalue weighted by atomic mass is 35.5. The number of anilines is 1. The van der Waals surface area contributed by atoms with E-state index in [4.69, 9.17) is 42.1 Å². The topological polar surface area (TPSA) is 128 Å². The molecule has 0 saturated carbocycles. The van der Waals surface area contributed by atoms with Gasteiger partial charge >= 0.3 is 5.97 Å². The van der Waals surface area contributed by atoms with Crippen molar-refractivity contribution < 1.29 is 41.7 Å². The van der Waals surface area contributed by atoms with E-state index < -0.39 is 26.7 Å². The highest BCUT2D eigenvalue weighted by Gasteiger charge is 2.32. The Balaban J connectivity index is 1.55. The lowest BCUT2D eigenvalue weighted by molar-refractivity contribution is -0.139. The molecule has 0 saturated heterocycles. The molecule has 4 rings (SSSR count). The van der Waals surface area contributed by atoms with E-state index in [0.29, 0.717) is 59.4 Å². The fourth-order valence-electron chi connectivity index (χ4n) is 5.12. The van der Waals surface area contributed by atoms with E-state index in [1.54, 1.807) is 46.7 Å². The Bertz CT molecular complexity index is 1870. The second-order valence-corrected chi connectivity index (χ2v) is 14.9. The van der Waals surface area contributed by atoms with Gasteiger partial charge in [0.2, 0.25) is 0 Å². The highest BCUT2D eigenvalue weighted by molar-refractivity contribution is 7.93. The summed E-state index contributed by atoms with van der Waals surface area (Å²) in [5.41, 5.74) is 1.16. The number of thiazole rings is 1. The Morgan fingerprint density at radius 3 is 2.47 bits per heavy atom. The van der Waals surface area contributed by atoms with Crippen LogP contribution in [-0.4, -0.2) is 70.0 Å². The van der Waals surface area contributed by atoms with Gasteiger partial charge in [0.1, 0.15) is 33.7 Å². The van der Waals surface area contributed by atoms with Crippen LogP contribution in [0.1, 0.15) is 43.7 Å². The minimum atomic E-state index is -4.55. The molecule has 3 aromatic carbocycles. The second kappa shape index (κ2) is 19.3. The van der Waals surface area contributed by atoms with Gasteiger partial charge in [0.05, 0.1) is 39.1 Å². The average molecular weight is 785 g/mol. The summed E-state index contributed by atoms with van der Waals surface area (Å²) in [6.07, 6.45) is 5.41. The molecule has 0 spiro atoms. The maximum atomic E-state index is 15.9. The highest BCUT2D eigenvalue weighted by Crippen LogP contribution is 2.38. The van der Waals surface area contributed by atoms with Crippen molar-refractivity contribution in [2.24, 2.45) is 0 Å². The van der Waals surface area contributed by atoms with Crippen molar-refractivity contribution in [1.29, 1.82) is 0 Å². The first-order valence-electron chi connectivity index (χ1n) is 16.1. The minimum Gasteiger partial charge on any atom is -0.497 e. The third kappa shape index (κ3) is 11.2. The number of carboxylic acid groups (broad SMARTS) is 1. The number of aryl methyl sites for hydroxylation is 1. The first-order chi connectivity index (χ1) is 24.5. The number of carbonyl (C=O) groups is 1. The minimum absolute atomic E-state index is 0.109. The fraction of sp³-hybridized carbons (Fsp3) is 0.371. The molecule has 16 heteroatoms. The number of hydrogen-bond acceptors (Lipinski definition) is 10. The quantitative estimate of drug-likeness (QED) is 0.0652. The number of rotatable bonds is 21. The molecule has 0 aliphatic heterocycles. The van der Waals surface area contributed by atoms with Gasteiger partial charge in [0.25, 0.3) is 10.0 Å². The van der Waals surface area contributed by atoms with Crippen molar-refractivity contribution in [2.45, 2.75) is 50.5 Å². The smallest absolute Gasteiger partial charge is 0.317 e. The van der Waals surface area contributed by atoms with Gasteiger partial charge in [-0.05, 0) is 61.2 Å². The third-order valence-corrected chi connectivity index (χ3v) is 10.9. The predicted octanol–water partition coefficient (Wildman–Crippen LogP) is 8.28. The van der Waals surface area contributed by atoms with Crippen molar-refractivity contribution in [3.63, 3.8) is 0 Å². The largest absolute Gasteiger partial charge is 0.497 e. The Morgan fingerprint density at radius 1 is 0.980 bits per heavy atom. The maximum Gasteiger partial charge on any atom is 0.317 e. The molecule has 0 radical (unpaired) electrons. The third-order valence-electron chi connectivity index (χ3n) is 7.68. The van der Waals surface area contributed by atoms with Gasteiger partial charge in [-0.15, -0.1) is 11.3 Å². The van der Waals surface area contributed by atoms with Gasteiger partial charge in [-0.2, -0.15) is 0 Å². The molecule has 0 atom stereocenters. The summed E-state index contributed by atoms with van der Waals surface area (Å²) in [6, 6.07) is 11.8. The molecular weight excluding hydrogens is 744 g/mol. The number of aliphatic carboxylic acids is 1. The van der Waals surface area contributed by atoms with E-state index in [-0.39, 0.29) is 35.7 Å². The van der Waals surface area contributed by atoms with Crippen LogP contribution in [0.5, 0.6) is 23.0 Å². The molecule has 276 valence electrons. The lowest BCUT2D eigenvalue weighted by Crippen LogP contribution is -2.33. The van der Waals surface area contributed by atoms with E-state index in [1.807, 2.05) is 0 Å². The molecule has 1 aromatic heterocycles. The summed E-state index contributed by atoms with van der Waals surface area (Å²) in [4.78, 5) is 16.6. The SMILES string of the molecule is CCCCCOCN(CCCc1cc(Cl)ccc1Oc1cc(F)c(S(=O)(=O)N(Cc2ccc(OC)cc2OC)c2nccs2)cc1Cl)CC(=O)O. The number of aromatic nitrogens is 1. The molecule has 1 heterocycles. The van der Waals surface area contributed by atoms with Crippen LogP contribution < -0.4 is 18.5 Å². The summed E-state index contributed by atoms with van der Waals surface area (Å²) in [5.74, 6) is -0.945. The Hall–Kier alpha value is -3.66. The van der Waals surface area contributed by atoms with E-state index >= 15 is 4.39 Å². The second-order valence-electron chi connectivity index (χ2n) is 11.4. The molecule has 51 heavy (non-hydrogen) atoms. The van der Waals surface area contributed by atoms with Crippen molar-refractivity contribution in [2.75, 3.05) is 45.0 Å². The van der Waals surface area contributed by atoms with Crippen molar-refractivity contribution in [3.05, 3.63) is 87.1 Å². The number of nitrogens with zero attached hydrogens (tertiary/aromatic N) is 3. The van der Waals surface area contributed by atoms with Gasteiger partial charge < -0.3 is 24.1 Å². The molecule has 0 fully saturated rings. The molecule has 11 nitrogen and oxygen atoms in total. The maximum absolute atomic E-state index is 15.9. The normalized spacial score (nSPS) is 11.5. The van der Waals surface area contributed by atoms with Crippen molar-refractivity contribution >= 4 is 55.7 Å². The van der Waals surface area contributed by atoms with Gasteiger partial charge in [-0.3, -0.25) is 9.69 Å². The molecule has 0 aliphatic carbocycles. The molecule has 0 bridgehead atoms. The summed E-state index contributed by atoms with van der Waals surface area (Å²) in [5, 5.41) is 11.4. The van der Waals surface area contributed by atoms with Crippen LogP contribution in [0.4, 0.5) is 9.52 Å². The van der Waals surface area contributed by atoms with Crippen LogP contribution in [0.3, 0.4) is 0 Å². The zero-order valence-electron chi connectivity index (χ0n) is 28.4. The number of benzene rings is 3. The standard InChI is InChI=1S/C35H40Cl2FN3O8S2/c1-4-5-6-15-48-23-40(22-34(42)43)14-7-8-24-17-26(36)10-12-30(24)49-32-20-29(38)33(19-28(32)37)51(44,45)41(35-39-13-16-50-35)21-25-9-11-27(46-2)18-31(25)47-3/h9-13,16-20H,4-8,14-15,21-23H2,1-3H3,(H,42,43). The molecule has 0 aliphatic rings. The molecular formula is C35H40Cl2FN3O8S2. The summed E-state index contributed by atoms with van der Waals surface area (Å²) in [6.45, 7) is 2.86. The Kier molecular flexibility index (Phi) is 15.1. The van der Waals surface area contributed by atoms with Gasteiger partial charge in [0, 0.05) is 47.4 Å². The van der Waals surface area contributed by atoms with Gasteiger partial charge in [-0.25, -0.2) is 22.1 Å². The van der Waals surface area contributed by atoms with E-state index in [0.717, 1.165) is 47.0 Å². The van der Waals surface area contributed by atoms with Crippen LogP contribution in [0.25, 0.3) is 0 Å². The lowest BCUT2D eigenvalue weighted by Gasteiger charge is -2.24. The summed E-state index contributed by atoms with van der Waals surface area (Å²) in [7, 11) is -1.61.